The average Bonchev–Trinajstić information content (AvgIpc) is 3.44. The van der Waals surface area contributed by atoms with E-state index in [0.717, 1.165) is 60.6 Å². The Bertz CT molecular complexity index is 1360. The zero-order valence-corrected chi connectivity index (χ0v) is 19.8. The normalized spacial score (nSPS) is 19.4. The zero-order chi connectivity index (χ0) is 24.5. The van der Waals surface area contributed by atoms with Crippen molar-refractivity contribution in [2.75, 3.05) is 26.7 Å². The van der Waals surface area contributed by atoms with Crippen LogP contribution in [0, 0.1) is 5.82 Å². The monoisotopic (exact) mass is 477 g/mol. The SMILES string of the molecule is CCN1CC(c2[nH]c3c(c2C(=O)O)CCc2cnc(-c4cnc(OC)c(F)c4)cc2-3)(C2(N)CC2)C1. The number of nitrogens with two attached hydrogens (primary N) is 1. The van der Waals surface area contributed by atoms with Crippen molar-refractivity contribution in [1.82, 2.24) is 19.9 Å². The van der Waals surface area contributed by atoms with Gasteiger partial charge in [0.15, 0.2) is 5.82 Å². The number of aromatic nitrogens is 3. The summed E-state index contributed by atoms with van der Waals surface area (Å²) < 4.78 is 19.2. The number of rotatable bonds is 6. The molecule has 4 N–H and O–H groups in total. The van der Waals surface area contributed by atoms with Crippen LogP contribution in [0.25, 0.3) is 22.5 Å². The van der Waals surface area contributed by atoms with E-state index in [1.54, 1.807) is 6.20 Å². The lowest BCUT2D eigenvalue weighted by atomic mass is 9.67. The van der Waals surface area contributed by atoms with E-state index in [-0.39, 0.29) is 11.4 Å². The lowest BCUT2D eigenvalue weighted by Gasteiger charge is -2.53. The summed E-state index contributed by atoms with van der Waals surface area (Å²) in [5.41, 5.74) is 11.8. The predicted octanol–water partition coefficient (Wildman–Crippen LogP) is 3.15. The number of carboxylic acids is 1. The van der Waals surface area contributed by atoms with Crippen LogP contribution in [-0.4, -0.2) is 63.2 Å². The van der Waals surface area contributed by atoms with Gasteiger partial charge in [-0.25, -0.2) is 14.2 Å². The molecular formula is C26H28FN5O3. The highest BCUT2D eigenvalue weighted by Crippen LogP contribution is 2.56. The molecule has 9 heteroatoms. The Kier molecular flexibility index (Phi) is 4.82. The third kappa shape index (κ3) is 3.14. The minimum absolute atomic E-state index is 0.0724. The van der Waals surface area contributed by atoms with Crippen LogP contribution in [0.2, 0.25) is 0 Å². The fraction of sp³-hybridized carbons (Fsp3) is 0.423. The molecule has 6 rings (SSSR count). The Hall–Kier alpha value is -3.30. The summed E-state index contributed by atoms with van der Waals surface area (Å²) in [5.74, 6) is -1.56. The molecule has 3 aromatic rings. The first-order valence-corrected chi connectivity index (χ1v) is 12.0. The Labute approximate surface area is 202 Å². The predicted molar refractivity (Wildman–Crippen MR) is 128 cm³/mol. The third-order valence-electron chi connectivity index (χ3n) is 8.17. The quantitative estimate of drug-likeness (QED) is 0.499. The van der Waals surface area contributed by atoms with Gasteiger partial charge in [-0.15, -0.1) is 0 Å². The number of nitrogens with zero attached hydrogens (tertiary/aromatic N) is 3. The van der Waals surface area contributed by atoms with Gasteiger partial charge in [0.25, 0.3) is 0 Å². The van der Waals surface area contributed by atoms with Crippen LogP contribution >= 0.6 is 0 Å². The van der Waals surface area contributed by atoms with Gasteiger partial charge in [0.1, 0.15) is 0 Å². The Balaban J connectivity index is 1.49. The number of hydrogen-bond acceptors (Lipinski definition) is 6. The Morgan fingerprint density at radius 2 is 2.03 bits per heavy atom. The molecular weight excluding hydrogens is 449 g/mol. The maximum absolute atomic E-state index is 14.3. The number of methoxy groups -OCH3 is 1. The fourth-order valence-corrected chi connectivity index (χ4v) is 5.94. The maximum atomic E-state index is 14.3. The molecule has 2 aliphatic carbocycles. The molecule has 1 saturated carbocycles. The molecule has 1 saturated heterocycles. The first kappa shape index (κ1) is 22.2. The van der Waals surface area contributed by atoms with Crippen LogP contribution in [0.15, 0.2) is 24.5 Å². The molecule has 2 fully saturated rings. The second-order valence-corrected chi connectivity index (χ2v) is 10.0. The number of likely N-dealkylation sites (N-methyl/N-ethyl adjacent to an activating group) is 1. The minimum Gasteiger partial charge on any atom is -0.479 e. The van der Waals surface area contributed by atoms with Crippen molar-refractivity contribution in [2.24, 2.45) is 5.73 Å². The van der Waals surface area contributed by atoms with Gasteiger partial charge >= 0.3 is 5.97 Å². The summed E-state index contributed by atoms with van der Waals surface area (Å²) in [5, 5.41) is 10.3. The summed E-state index contributed by atoms with van der Waals surface area (Å²) in [7, 11) is 1.37. The average molecular weight is 478 g/mol. The molecule has 0 radical (unpaired) electrons. The van der Waals surface area contributed by atoms with Gasteiger partial charge in [-0.3, -0.25) is 4.98 Å². The molecule has 0 unspecified atom stereocenters. The van der Waals surface area contributed by atoms with E-state index in [1.807, 2.05) is 6.07 Å². The van der Waals surface area contributed by atoms with E-state index < -0.39 is 17.2 Å². The van der Waals surface area contributed by atoms with E-state index in [0.29, 0.717) is 29.7 Å². The summed E-state index contributed by atoms with van der Waals surface area (Å²) in [6.45, 7) is 4.53. The largest absolute Gasteiger partial charge is 0.479 e. The number of carbonyl (C=O) groups is 1. The summed E-state index contributed by atoms with van der Waals surface area (Å²) in [6, 6.07) is 3.24. The summed E-state index contributed by atoms with van der Waals surface area (Å²) in [4.78, 5) is 27.0. The molecule has 0 atom stereocenters. The number of aromatic amines is 1. The van der Waals surface area contributed by atoms with Crippen molar-refractivity contribution in [1.29, 1.82) is 0 Å². The number of likely N-dealkylation sites (tertiary alicyclic amines) is 1. The number of pyridine rings is 2. The van der Waals surface area contributed by atoms with Crippen LogP contribution < -0.4 is 10.5 Å². The molecule has 0 aromatic carbocycles. The number of carboxylic acid groups (broad SMARTS) is 1. The highest BCUT2D eigenvalue weighted by atomic mass is 19.1. The first-order valence-electron chi connectivity index (χ1n) is 12.0. The van der Waals surface area contributed by atoms with Crippen molar-refractivity contribution >= 4 is 5.97 Å². The van der Waals surface area contributed by atoms with E-state index in [1.165, 1.54) is 19.4 Å². The van der Waals surface area contributed by atoms with Gasteiger partial charge in [0.2, 0.25) is 5.88 Å². The number of fused-ring (bicyclic) bond motifs is 3. The summed E-state index contributed by atoms with van der Waals surface area (Å²) >= 11 is 0. The smallest absolute Gasteiger partial charge is 0.337 e. The van der Waals surface area contributed by atoms with Gasteiger partial charge in [-0.1, -0.05) is 6.92 Å². The van der Waals surface area contributed by atoms with Gasteiger partial charge in [0, 0.05) is 47.8 Å². The number of aromatic carboxylic acids is 1. The molecule has 182 valence electrons. The second-order valence-electron chi connectivity index (χ2n) is 10.0. The van der Waals surface area contributed by atoms with Crippen molar-refractivity contribution in [3.05, 3.63) is 52.7 Å². The highest BCUT2D eigenvalue weighted by Gasteiger charge is 2.64. The second kappa shape index (κ2) is 7.60. The van der Waals surface area contributed by atoms with Crippen molar-refractivity contribution in [2.45, 2.75) is 43.6 Å². The molecule has 0 amide bonds. The molecule has 4 heterocycles. The fourth-order valence-electron chi connectivity index (χ4n) is 5.94. The van der Waals surface area contributed by atoms with Crippen LogP contribution in [0.5, 0.6) is 5.88 Å². The number of halogens is 1. The highest BCUT2D eigenvalue weighted by molar-refractivity contribution is 5.95. The van der Waals surface area contributed by atoms with Gasteiger partial charge in [-0.05, 0) is 55.5 Å². The van der Waals surface area contributed by atoms with Crippen LogP contribution in [0.1, 0.15) is 46.9 Å². The topological polar surface area (TPSA) is 117 Å². The van der Waals surface area contributed by atoms with Gasteiger partial charge < -0.3 is 25.5 Å². The van der Waals surface area contributed by atoms with E-state index >= 15 is 0 Å². The molecule has 0 bridgehead atoms. The van der Waals surface area contributed by atoms with Crippen molar-refractivity contribution < 1.29 is 19.0 Å². The van der Waals surface area contributed by atoms with E-state index in [9.17, 15) is 14.3 Å². The van der Waals surface area contributed by atoms with Crippen LogP contribution in [0.4, 0.5) is 4.39 Å². The van der Waals surface area contributed by atoms with Crippen LogP contribution in [-0.2, 0) is 18.3 Å². The first-order chi connectivity index (χ1) is 16.8. The van der Waals surface area contributed by atoms with Crippen LogP contribution in [0.3, 0.4) is 0 Å². The maximum Gasteiger partial charge on any atom is 0.337 e. The Morgan fingerprint density at radius 1 is 1.26 bits per heavy atom. The molecule has 8 nitrogen and oxygen atoms in total. The van der Waals surface area contributed by atoms with Gasteiger partial charge in [0.05, 0.1) is 29.5 Å². The number of H-pyrrole nitrogens is 1. The van der Waals surface area contributed by atoms with Crippen molar-refractivity contribution in [3.8, 4) is 28.4 Å². The van der Waals surface area contributed by atoms with E-state index in [4.69, 9.17) is 10.5 Å². The number of aryl methyl sites for hydroxylation is 1. The molecule has 3 aromatic heterocycles. The Morgan fingerprint density at radius 3 is 2.66 bits per heavy atom. The lowest BCUT2D eigenvalue weighted by Crippen LogP contribution is -2.69. The molecule has 35 heavy (non-hydrogen) atoms. The lowest BCUT2D eigenvalue weighted by molar-refractivity contribution is 0.0374. The molecule has 0 spiro atoms. The summed E-state index contributed by atoms with van der Waals surface area (Å²) in [6.07, 6.45) is 6.41. The standard InChI is InChI=1S/C26H28FN5O3/c1-3-32-12-25(13-32,26(28)6-7-26)22-20(24(33)34)16-5-4-14-10-29-19(9-17(14)21(16)31-22)15-8-18(27)23(35-2)30-11-15/h8-11,31H,3-7,12-13,28H2,1-2H3,(H,33,34). The number of hydrogen-bond donors (Lipinski definition) is 3. The molecule has 3 aliphatic rings. The number of nitrogens with one attached hydrogen (secondary N) is 1. The minimum atomic E-state index is -0.921. The third-order valence-corrected chi connectivity index (χ3v) is 8.17. The van der Waals surface area contributed by atoms with E-state index in [2.05, 4.69) is 26.8 Å². The molecule has 1 aliphatic heterocycles. The zero-order valence-electron chi connectivity index (χ0n) is 19.8. The number of ether oxygens (including phenoxy) is 1. The van der Waals surface area contributed by atoms with Gasteiger partial charge in [-0.2, -0.15) is 0 Å². The van der Waals surface area contributed by atoms with Crippen molar-refractivity contribution in [3.63, 3.8) is 0 Å².